The first-order valence-corrected chi connectivity index (χ1v) is 4.26. The lowest BCUT2D eigenvalue weighted by atomic mass is 10.2. The Morgan fingerprint density at radius 3 is 2.67 bits per heavy atom. The number of halogens is 1. The lowest BCUT2D eigenvalue weighted by molar-refractivity contribution is 0.686. The summed E-state index contributed by atoms with van der Waals surface area (Å²) in [6, 6.07) is 2.14. The van der Waals surface area contributed by atoms with E-state index in [0.717, 1.165) is 6.42 Å². The standard InChI is InChI=1S/C7H12BrN/c1-2-3-4-5-7(8)6-9/h7H,2-5H2,1H3. The van der Waals surface area contributed by atoms with Crippen LogP contribution in [-0.2, 0) is 0 Å². The summed E-state index contributed by atoms with van der Waals surface area (Å²) in [5.74, 6) is 0. The summed E-state index contributed by atoms with van der Waals surface area (Å²) in [7, 11) is 0. The molecule has 2 heteroatoms. The van der Waals surface area contributed by atoms with Crippen LogP contribution in [0.1, 0.15) is 32.6 Å². The predicted octanol–water partition coefficient (Wildman–Crippen LogP) is 2.85. The summed E-state index contributed by atoms with van der Waals surface area (Å²) in [4.78, 5) is 0.0732. The van der Waals surface area contributed by atoms with Gasteiger partial charge in [0, 0.05) is 0 Å². The van der Waals surface area contributed by atoms with E-state index in [1.807, 2.05) is 0 Å². The van der Waals surface area contributed by atoms with Crippen LogP contribution < -0.4 is 0 Å². The van der Waals surface area contributed by atoms with Gasteiger partial charge in [0.05, 0.1) is 6.07 Å². The molecule has 0 heterocycles. The lowest BCUT2D eigenvalue weighted by Gasteiger charge is -1.96. The number of alkyl halides is 1. The van der Waals surface area contributed by atoms with E-state index in [1.54, 1.807) is 0 Å². The average molecular weight is 190 g/mol. The Balaban J connectivity index is 2.99. The fourth-order valence-electron chi connectivity index (χ4n) is 0.638. The number of hydrogen-bond acceptors (Lipinski definition) is 1. The molecule has 0 aliphatic heterocycles. The lowest BCUT2D eigenvalue weighted by Crippen LogP contribution is -1.91. The zero-order valence-electron chi connectivity index (χ0n) is 5.73. The average Bonchev–Trinajstić information content (AvgIpc) is 1.89. The van der Waals surface area contributed by atoms with Gasteiger partial charge in [-0.15, -0.1) is 0 Å². The summed E-state index contributed by atoms with van der Waals surface area (Å²) in [6.45, 7) is 2.16. The molecule has 0 aromatic heterocycles. The molecule has 0 aliphatic rings. The van der Waals surface area contributed by atoms with E-state index in [4.69, 9.17) is 5.26 Å². The SMILES string of the molecule is CCCCCC(Br)C#N. The van der Waals surface area contributed by atoms with Gasteiger partial charge in [-0.1, -0.05) is 42.1 Å². The first kappa shape index (κ1) is 8.97. The Hall–Kier alpha value is -0.0300. The minimum absolute atomic E-state index is 0.0732. The maximum atomic E-state index is 8.34. The molecule has 1 unspecified atom stereocenters. The Kier molecular flexibility index (Phi) is 6.08. The first-order valence-electron chi connectivity index (χ1n) is 3.35. The molecule has 0 aliphatic carbocycles. The highest BCUT2D eigenvalue weighted by atomic mass is 79.9. The Morgan fingerprint density at radius 1 is 1.56 bits per heavy atom. The quantitative estimate of drug-likeness (QED) is 0.493. The monoisotopic (exact) mass is 189 g/mol. The van der Waals surface area contributed by atoms with Gasteiger partial charge < -0.3 is 0 Å². The van der Waals surface area contributed by atoms with Crippen molar-refractivity contribution < 1.29 is 0 Å². The van der Waals surface area contributed by atoms with Gasteiger partial charge in [0.1, 0.15) is 4.83 Å². The summed E-state index contributed by atoms with van der Waals surface area (Å²) in [6.07, 6.45) is 4.62. The fraction of sp³-hybridized carbons (Fsp3) is 0.857. The molecule has 0 bridgehead atoms. The zero-order valence-corrected chi connectivity index (χ0v) is 7.32. The highest BCUT2D eigenvalue weighted by Crippen LogP contribution is 2.09. The van der Waals surface area contributed by atoms with Crippen molar-refractivity contribution in [2.75, 3.05) is 0 Å². The van der Waals surface area contributed by atoms with Gasteiger partial charge in [-0.2, -0.15) is 5.26 Å². The van der Waals surface area contributed by atoms with Crippen LogP contribution in [0.4, 0.5) is 0 Å². The molecule has 0 aromatic carbocycles. The van der Waals surface area contributed by atoms with Crippen molar-refractivity contribution in [3.05, 3.63) is 0 Å². The molecule has 52 valence electrons. The molecule has 0 amide bonds. The van der Waals surface area contributed by atoms with Crippen molar-refractivity contribution in [1.82, 2.24) is 0 Å². The predicted molar refractivity (Wildman–Crippen MR) is 42.5 cm³/mol. The number of hydrogen-bond donors (Lipinski definition) is 0. The smallest absolute Gasteiger partial charge is 0.101 e. The van der Waals surface area contributed by atoms with E-state index in [1.165, 1.54) is 19.3 Å². The summed E-state index contributed by atoms with van der Waals surface area (Å²) < 4.78 is 0. The van der Waals surface area contributed by atoms with E-state index >= 15 is 0 Å². The molecule has 0 fully saturated rings. The number of unbranched alkanes of at least 4 members (excludes halogenated alkanes) is 2. The molecule has 1 atom stereocenters. The number of nitrogens with zero attached hydrogens (tertiary/aromatic N) is 1. The van der Waals surface area contributed by atoms with Crippen LogP contribution in [0.15, 0.2) is 0 Å². The maximum Gasteiger partial charge on any atom is 0.101 e. The molecule has 1 nitrogen and oxygen atoms in total. The van der Waals surface area contributed by atoms with Crippen molar-refractivity contribution in [3.63, 3.8) is 0 Å². The molecule has 9 heavy (non-hydrogen) atoms. The Labute approximate surface area is 65.2 Å². The van der Waals surface area contributed by atoms with E-state index in [2.05, 4.69) is 28.9 Å². The number of nitriles is 1. The molecule has 0 spiro atoms. The maximum absolute atomic E-state index is 8.34. The normalized spacial score (nSPS) is 12.6. The van der Waals surface area contributed by atoms with E-state index in [0.29, 0.717) is 0 Å². The van der Waals surface area contributed by atoms with Crippen molar-refractivity contribution >= 4 is 15.9 Å². The molecule has 0 saturated carbocycles. The fourth-order valence-corrected chi connectivity index (χ4v) is 0.962. The van der Waals surface area contributed by atoms with Crippen LogP contribution in [0, 0.1) is 11.3 Å². The molecule has 0 saturated heterocycles. The minimum atomic E-state index is 0.0732. The second-order valence-corrected chi connectivity index (χ2v) is 3.20. The third-order valence-electron chi connectivity index (χ3n) is 1.20. The Morgan fingerprint density at radius 2 is 2.22 bits per heavy atom. The third-order valence-corrected chi connectivity index (χ3v) is 1.86. The summed E-state index contributed by atoms with van der Waals surface area (Å²) >= 11 is 3.25. The Bertz CT molecular complexity index is 95.6. The van der Waals surface area contributed by atoms with Crippen molar-refractivity contribution in [1.29, 1.82) is 5.26 Å². The highest BCUT2D eigenvalue weighted by molar-refractivity contribution is 9.09. The van der Waals surface area contributed by atoms with Crippen LogP contribution in [0.3, 0.4) is 0 Å². The summed E-state index contributed by atoms with van der Waals surface area (Å²) in [5, 5.41) is 8.34. The minimum Gasteiger partial charge on any atom is -0.197 e. The second kappa shape index (κ2) is 6.10. The van der Waals surface area contributed by atoms with Gasteiger partial charge in [0.25, 0.3) is 0 Å². The van der Waals surface area contributed by atoms with Crippen LogP contribution in [0.25, 0.3) is 0 Å². The summed E-state index contributed by atoms with van der Waals surface area (Å²) in [5.41, 5.74) is 0. The molecule has 0 N–H and O–H groups in total. The third kappa shape index (κ3) is 5.85. The van der Waals surface area contributed by atoms with Crippen molar-refractivity contribution in [2.24, 2.45) is 0 Å². The van der Waals surface area contributed by atoms with Crippen molar-refractivity contribution in [2.45, 2.75) is 37.4 Å². The highest BCUT2D eigenvalue weighted by Gasteiger charge is 1.98. The molecule has 0 aromatic rings. The van der Waals surface area contributed by atoms with Gasteiger partial charge in [-0.05, 0) is 6.42 Å². The van der Waals surface area contributed by atoms with E-state index in [9.17, 15) is 0 Å². The van der Waals surface area contributed by atoms with Gasteiger partial charge in [-0.3, -0.25) is 0 Å². The zero-order chi connectivity index (χ0) is 7.11. The van der Waals surface area contributed by atoms with E-state index in [-0.39, 0.29) is 4.83 Å². The molecular weight excluding hydrogens is 178 g/mol. The van der Waals surface area contributed by atoms with Gasteiger partial charge in [0.15, 0.2) is 0 Å². The molecular formula is C7H12BrN. The van der Waals surface area contributed by atoms with Gasteiger partial charge >= 0.3 is 0 Å². The van der Waals surface area contributed by atoms with Crippen LogP contribution in [0.5, 0.6) is 0 Å². The van der Waals surface area contributed by atoms with Crippen LogP contribution in [-0.4, -0.2) is 4.83 Å². The van der Waals surface area contributed by atoms with Gasteiger partial charge in [-0.25, -0.2) is 0 Å². The first-order chi connectivity index (χ1) is 4.31. The van der Waals surface area contributed by atoms with Crippen molar-refractivity contribution in [3.8, 4) is 6.07 Å². The number of rotatable bonds is 4. The molecule has 0 rings (SSSR count). The largest absolute Gasteiger partial charge is 0.197 e. The van der Waals surface area contributed by atoms with Gasteiger partial charge in [0.2, 0.25) is 0 Å². The van der Waals surface area contributed by atoms with Crippen LogP contribution >= 0.6 is 15.9 Å². The van der Waals surface area contributed by atoms with Crippen LogP contribution in [0.2, 0.25) is 0 Å². The molecule has 0 radical (unpaired) electrons. The second-order valence-electron chi connectivity index (χ2n) is 2.09. The topological polar surface area (TPSA) is 23.8 Å². The van der Waals surface area contributed by atoms with E-state index < -0.39 is 0 Å².